The Morgan fingerprint density at radius 2 is 1.78 bits per heavy atom. The number of aliphatic hydroxyl groups excluding tert-OH is 1. The van der Waals surface area contributed by atoms with E-state index in [0.29, 0.717) is 29.3 Å². The number of nitrogens with zero attached hydrogens (tertiary/aromatic N) is 2. The number of Topliss-reactive ketones (excluding diaryl/α,β-unsaturated/α-hetero) is 1. The Kier molecular flexibility index (Phi) is 14.6. The number of rotatable bonds is 9. The third-order valence-electron chi connectivity index (χ3n) is 11.6. The van der Waals surface area contributed by atoms with Crippen LogP contribution in [0, 0.1) is 23.7 Å². The van der Waals surface area contributed by atoms with Gasteiger partial charge >= 0.3 is 11.9 Å². The molecule has 0 radical (unpaired) electrons. The maximum absolute atomic E-state index is 14.2. The number of allylic oxidation sites excluding steroid dienone is 1. The van der Waals surface area contributed by atoms with Crippen molar-refractivity contribution in [3.05, 3.63) is 53.7 Å². The Balaban J connectivity index is 1.69. The van der Waals surface area contributed by atoms with Crippen molar-refractivity contribution in [3.63, 3.8) is 0 Å². The zero-order chi connectivity index (χ0) is 40.1. The second-order valence-corrected chi connectivity index (χ2v) is 16.1. The van der Waals surface area contributed by atoms with E-state index in [9.17, 15) is 24.6 Å². The van der Waals surface area contributed by atoms with E-state index in [4.69, 9.17) is 23.7 Å². The summed E-state index contributed by atoms with van der Waals surface area (Å²) in [5.41, 5.74) is -0.812. The van der Waals surface area contributed by atoms with Gasteiger partial charge in [-0.05, 0) is 92.4 Å². The number of para-hydroxylation sites is 1. The van der Waals surface area contributed by atoms with Crippen molar-refractivity contribution in [1.82, 2.24) is 9.88 Å². The van der Waals surface area contributed by atoms with Gasteiger partial charge in [0.05, 0.1) is 35.5 Å². The normalized spacial score (nSPS) is 37.0. The molecule has 2 aliphatic rings. The summed E-state index contributed by atoms with van der Waals surface area (Å²) in [4.78, 5) is 47.5. The maximum atomic E-state index is 14.2. The zero-order valence-corrected chi connectivity index (χ0v) is 33.9. The van der Waals surface area contributed by atoms with Crippen LogP contribution in [-0.2, 0) is 33.3 Å². The summed E-state index contributed by atoms with van der Waals surface area (Å²) in [7, 11) is 5.34. The molecular formula is C42H62N2O10. The summed E-state index contributed by atoms with van der Waals surface area (Å²) in [5.74, 6) is -4.55. The van der Waals surface area contributed by atoms with E-state index in [1.807, 2.05) is 84.0 Å². The lowest BCUT2D eigenvalue weighted by Crippen LogP contribution is -2.59. The van der Waals surface area contributed by atoms with Crippen LogP contribution in [-0.4, -0.2) is 114 Å². The Morgan fingerprint density at radius 3 is 2.43 bits per heavy atom. The lowest BCUT2D eigenvalue weighted by atomic mass is 9.74. The third-order valence-corrected chi connectivity index (χ3v) is 11.6. The minimum atomic E-state index is -1.59. The minimum Gasteiger partial charge on any atom is -0.462 e. The molecule has 1 fully saturated rings. The summed E-state index contributed by atoms with van der Waals surface area (Å²) >= 11 is 0. The van der Waals surface area contributed by atoms with Gasteiger partial charge in [-0.25, -0.2) is 4.79 Å². The van der Waals surface area contributed by atoms with Crippen molar-refractivity contribution in [2.45, 2.75) is 129 Å². The van der Waals surface area contributed by atoms with E-state index in [2.05, 4.69) is 4.98 Å². The molecule has 3 heterocycles. The number of cyclic esters (lactones) is 1. The molecular weight excluding hydrogens is 692 g/mol. The van der Waals surface area contributed by atoms with E-state index in [0.717, 1.165) is 5.57 Å². The van der Waals surface area contributed by atoms with Crippen molar-refractivity contribution in [2.75, 3.05) is 27.8 Å². The highest BCUT2D eigenvalue weighted by molar-refractivity contribution is 6.03. The van der Waals surface area contributed by atoms with Gasteiger partial charge in [-0.3, -0.25) is 14.6 Å². The number of likely N-dealkylation sites (N-methyl/N-ethyl adjacent to an activating group) is 1. The molecule has 12 atom stereocenters. The van der Waals surface area contributed by atoms with Crippen LogP contribution >= 0.6 is 0 Å². The molecule has 1 aromatic carbocycles. The highest BCUT2D eigenvalue weighted by atomic mass is 16.7. The molecule has 54 heavy (non-hydrogen) atoms. The molecule has 2 aliphatic heterocycles. The second kappa shape index (κ2) is 18.1. The van der Waals surface area contributed by atoms with Crippen LogP contribution in [0.25, 0.3) is 10.9 Å². The first-order valence-corrected chi connectivity index (χ1v) is 19.2. The van der Waals surface area contributed by atoms with Gasteiger partial charge in [0.2, 0.25) is 0 Å². The number of esters is 2. The first-order chi connectivity index (χ1) is 25.4. The molecule has 1 saturated heterocycles. The SMILES string of the molecule is CC[C@H]1OC(=O)C(C)C(=O)[C@@H](C)[C@@H](O[C@@H]2O[C@H](C)C[C@H](N(C)C)[C@H]2O)[C@](C)(OC)C[C@@H](C)/C=C(/C)[C@H](CCOC(=O)c2ccnc3ccccc23)[C@]1(C)O. The topological polar surface area (TPSA) is 154 Å². The van der Waals surface area contributed by atoms with Crippen LogP contribution in [0.2, 0.25) is 0 Å². The molecule has 4 rings (SSSR count). The molecule has 0 amide bonds. The molecule has 0 bridgehead atoms. The van der Waals surface area contributed by atoms with Crippen LogP contribution in [0.3, 0.4) is 0 Å². The fourth-order valence-electron chi connectivity index (χ4n) is 8.51. The highest BCUT2D eigenvalue weighted by Crippen LogP contribution is 2.39. The lowest BCUT2D eigenvalue weighted by molar-refractivity contribution is -0.295. The number of hydrogen-bond acceptors (Lipinski definition) is 12. The molecule has 0 spiro atoms. The highest BCUT2D eigenvalue weighted by Gasteiger charge is 2.50. The molecule has 1 aromatic heterocycles. The average Bonchev–Trinajstić information content (AvgIpc) is 3.13. The number of fused-ring (bicyclic) bond motifs is 1. The number of hydrogen-bond donors (Lipinski definition) is 2. The van der Waals surface area contributed by atoms with E-state index in [1.54, 1.807) is 33.2 Å². The number of pyridine rings is 1. The number of carbonyl (C=O) groups excluding carboxylic acids is 3. The van der Waals surface area contributed by atoms with Crippen LogP contribution in [0.15, 0.2) is 48.2 Å². The Bertz CT molecular complexity index is 1640. The van der Waals surface area contributed by atoms with Crippen LogP contribution in [0.1, 0.15) is 91.4 Å². The number of benzene rings is 1. The number of ether oxygens (including phenoxy) is 5. The molecule has 2 aromatic rings. The number of methoxy groups -OCH3 is 1. The summed E-state index contributed by atoms with van der Waals surface area (Å²) in [6.07, 6.45) is 0.898. The standard InChI is InChI=1S/C42H62N2O10/c1-12-34-42(8,49)31(18-20-51-39(48)30-17-19-43-32-16-14-13-15-29(30)32)25(3)21-24(2)23-41(7,50-11)37(27(5)35(45)28(6)38(47)53-34)54-40-36(46)33(44(9)10)22-26(4)52-40/h13-17,19,21,24,26-28,31,33-34,36-37,40,46,49H,12,18,20,22-23H2,1-11H3/b25-21-/t24-,26+,27+,28?,31-,33-,34+,36+,37+,40-,41+,42-/m0/s1. The van der Waals surface area contributed by atoms with Crippen molar-refractivity contribution in [2.24, 2.45) is 23.7 Å². The molecule has 12 nitrogen and oxygen atoms in total. The van der Waals surface area contributed by atoms with Crippen LogP contribution in [0.5, 0.6) is 0 Å². The fourth-order valence-corrected chi connectivity index (χ4v) is 8.51. The van der Waals surface area contributed by atoms with Crippen LogP contribution in [0.4, 0.5) is 0 Å². The fraction of sp³-hybridized carbons (Fsp3) is 0.667. The largest absolute Gasteiger partial charge is 0.462 e. The first-order valence-electron chi connectivity index (χ1n) is 19.2. The number of carbonyl (C=O) groups is 3. The van der Waals surface area contributed by atoms with Crippen molar-refractivity contribution in [1.29, 1.82) is 0 Å². The second-order valence-electron chi connectivity index (χ2n) is 16.1. The molecule has 300 valence electrons. The first kappa shape index (κ1) is 43.5. The van der Waals surface area contributed by atoms with Crippen LogP contribution < -0.4 is 0 Å². The number of ketones is 1. The Hall–Kier alpha value is -3.26. The van der Waals surface area contributed by atoms with Crippen molar-refractivity contribution >= 4 is 28.6 Å². The van der Waals surface area contributed by atoms with E-state index in [-0.39, 0.29) is 37.5 Å². The molecule has 1 unspecified atom stereocenters. The molecule has 0 saturated carbocycles. The van der Waals surface area contributed by atoms with Gasteiger partial charge in [0, 0.05) is 36.6 Å². The smallest absolute Gasteiger partial charge is 0.338 e. The average molecular weight is 755 g/mol. The quantitative estimate of drug-likeness (QED) is 0.188. The van der Waals surface area contributed by atoms with Crippen molar-refractivity contribution in [3.8, 4) is 0 Å². The lowest BCUT2D eigenvalue weighted by Gasteiger charge is -2.47. The predicted octanol–water partition coefficient (Wildman–Crippen LogP) is 5.51. The van der Waals surface area contributed by atoms with E-state index >= 15 is 0 Å². The monoisotopic (exact) mass is 754 g/mol. The Labute approximate surface area is 320 Å². The summed E-state index contributed by atoms with van der Waals surface area (Å²) in [6, 6.07) is 8.71. The molecule has 12 heteroatoms. The predicted molar refractivity (Wildman–Crippen MR) is 205 cm³/mol. The van der Waals surface area contributed by atoms with E-state index in [1.165, 1.54) is 6.92 Å². The summed E-state index contributed by atoms with van der Waals surface area (Å²) in [5, 5.41) is 24.3. The Morgan fingerprint density at radius 1 is 1.09 bits per heavy atom. The van der Waals surface area contributed by atoms with Gasteiger partial charge < -0.3 is 38.8 Å². The third kappa shape index (κ3) is 9.57. The summed E-state index contributed by atoms with van der Waals surface area (Å²) in [6.45, 7) is 14.3. The van der Waals surface area contributed by atoms with Gasteiger partial charge in [0.25, 0.3) is 0 Å². The number of aliphatic hydroxyl groups is 2. The summed E-state index contributed by atoms with van der Waals surface area (Å²) < 4.78 is 30.7. The van der Waals surface area contributed by atoms with Gasteiger partial charge in [0.15, 0.2) is 12.1 Å². The van der Waals surface area contributed by atoms with Crippen molar-refractivity contribution < 1.29 is 48.3 Å². The zero-order valence-electron chi connectivity index (χ0n) is 33.9. The molecule has 2 N–H and O–H groups in total. The number of aromatic nitrogens is 1. The van der Waals surface area contributed by atoms with Gasteiger partial charge in [-0.15, -0.1) is 0 Å². The maximum Gasteiger partial charge on any atom is 0.338 e. The van der Waals surface area contributed by atoms with E-state index < -0.39 is 71.3 Å². The molecule has 0 aliphatic carbocycles. The van der Waals surface area contributed by atoms with Gasteiger partial charge in [0.1, 0.15) is 23.7 Å². The minimum absolute atomic E-state index is 0.0194. The van der Waals surface area contributed by atoms with Gasteiger partial charge in [-0.2, -0.15) is 0 Å². The van der Waals surface area contributed by atoms with Gasteiger partial charge in [-0.1, -0.05) is 50.6 Å².